The number of hydrogen-bond donors (Lipinski definition) is 2. The number of carbonyl (C=O) groups excluding carboxylic acids is 5. The number of halogens is 3. The second-order valence-electron chi connectivity index (χ2n) is 18.2. The summed E-state index contributed by atoms with van der Waals surface area (Å²) < 4.78 is 34.9. The Kier molecular flexibility index (Phi) is 12.1. The van der Waals surface area contributed by atoms with Gasteiger partial charge in [0.05, 0.1) is 21.6 Å². The van der Waals surface area contributed by atoms with Crippen LogP contribution in [0.15, 0.2) is 67.0 Å². The summed E-state index contributed by atoms with van der Waals surface area (Å²) in [6.07, 6.45) is 7.21. The number of benzene rings is 3. The summed E-state index contributed by atoms with van der Waals surface area (Å²) in [6.45, 7) is 7.86. The highest BCUT2D eigenvalue weighted by atomic mass is 35.5. The van der Waals surface area contributed by atoms with Gasteiger partial charge in [0.15, 0.2) is 5.82 Å². The van der Waals surface area contributed by atoms with E-state index < -0.39 is 29.0 Å². The number of aromatic nitrogens is 3. The van der Waals surface area contributed by atoms with Crippen LogP contribution in [0.4, 0.5) is 20.2 Å². The fourth-order valence-electron chi connectivity index (χ4n) is 9.97. The first-order valence-corrected chi connectivity index (χ1v) is 22.8. The number of H-pyrrole nitrogens is 1. The summed E-state index contributed by atoms with van der Waals surface area (Å²) in [5, 5.41) is 7.19. The Hall–Kier alpha value is -6.39. The van der Waals surface area contributed by atoms with Crippen LogP contribution in [0.1, 0.15) is 66.7 Å². The Morgan fingerprint density at radius 1 is 0.939 bits per heavy atom. The number of hydrogen-bond acceptors (Lipinski definition) is 8. The van der Waals surface area contributed by atoms with Crippen molar-refractivity contribution in [2.24, 2.45) is 0 Å². The number of carbonyl (C=O) groups is 5. The second kappa shape index (κ2) is 17.8. The molecular weight excluding hydrogens is 868 g/mol. The molecule has 1 atom stereocenters. The predicted octanol–water partition coefficient (Wildman–Crippen LogP) is 6.16. The van der Waals surface area contributed by atoms with E-state index in [0.717, 1.165) is 11.1 Å². The normalized spacial score (nSPS) is 18.8. The summed E-state index contributed by atoms with van der Waals surface area (Å²) in [5.41, 5.74) is 3.94. The van der Waals surface area contributed by atoms with Crippen molar-refractivity contribution in [3.8, 4) is 11.1 Å². The minimum Gasteiger partial charge on any atom is -0.367 e. The molecule has 2 aromatic heterocycles. The summed E-state index contributed by atoms with van der Waals surface area (Å²) in [5.74, 6) is -2.49. The molecule has 6 heterocycles. The zero-order valence-electron chi connectivity index (χ0n) is 37.4. The quantitative estimate of drug-likeness (QED) is 0.150. The first kappa shape index (κ1) is 44.8. The van der Waals surface area contributed by atoms with Crippen molar-refractivity contribution in [3.63, 3.8) is 0 Å². The Morgan fingerprint density at radius 2 is 1.73 bits per heavy atom. The molecule has 0 saturated carbocycles. The maximum Gasteiger partial charge on any atom is 0.269 e. The van der Waals surface area contributed by atoms with Gasteiger partial charge in [-0.15, -0.1) is 0 Å². The summed E-state index contributed by atoms with van der Waals surface area (Å²) >= 11 is 7.07. The molecule has 2 fully saturated rings. The highest BCUT2D eigenvalue weighted by Gasteiger charge is 2.50. The standard InChI is InChI=1S/C49H52ClF2N9O5/c1-49(2)43-29(8-5-10-38(43)61(48(49)66)39-11-12-41(62)55-46(39)64)13-18-57-20-22-58(23-21-57)40-27-35(50)33(25-36(40)51)32-24-31(44(52)45-34(32)26-37(54-45)47(65)56(3)4)30-9-6-16-59(28-30)42(63)14-19-60-17-7-15-53-60/h5,7-10,15,17,24-27,39,54H,6,11-14,16,18-23,28H2,1-4H3,(H,55,62,64). The van der Waals surface area contributed by atoms with E-state index in [0.29, 0.717) is 92.1 Å². The minimum atomic E-state index is -0.861. The van der Waals surface area contributed by atoms with Gasteiger partial charge in [-0.05, 0) is 91.8 Å². The highest BCUT2D eigenvalue weighted by Crippen LogP contribution is 2.46. The van der Waals surface area contributed by atoms with Crippen LogP contribution in [0.2, 0.25) is 5.02 Å². The Bertz CT molecular complexity index is 2810. The van der Waals surface area contributed by atoms with Crippen LogP contribution in [-0.4, -0.2) is 125 Å². The lowest BCUT2D eigenvalue weighted by atomic mass is 9.82. The molecule has 0 spiro atoms. The van der Waals surface area contributed by atoms with Crippen molar-refractivity contribution >= 4 is 69.0 Å². The molecule has 17 heteroatoms. The van der Waals surface area contributed by atoms with Crippen LogP contribution < -0.4 is 15.1 Å². The molecule has 14 nitrogen and oxygen atoms in total. The fraction of sp³-hybridized carbons (Fsp3) is 0.388. The largest absolute Gasteiger partial charge is 0.367 e. The van der Waals surface area contributed by atoms with Crippen molar-refractivity contribution in [1.82, 2.24) is 34.8 Å². The maximum atomic E-state index is 16.7. The van der Waals surface area contributed by atoms with E-state index in [-0.39, 0.29) is 71.2 Å². The number of amides is 5. The number of imide groups is 1. The second-order valence-corrected chi connectivity index (χ2v) is 18.7. The molecule has 4 aliphatic heterocycles. The van der Waals surface area contributed by atoms with Gasteiger partial charge < -0.3 is 19.7 Å². The van der Waals surface area contributed by atoms with Crippen molar-refractivity contribution < 1.29 is 32.8 Å². The molecule has 5 aromatic rings. The number of anilines is 2. The molecule has 2 saturated heterocycles. The lowest BCUT2D eigenvalue weighted by Gasteiger charge is -2.36. The zero-order valence-corrected chi connectivity index (χ0v) is 38.2. The zero-order chi connectivity index (χ0) is 46.6. The molecule has 1 unspecified atom stereocenters. The molecule has 4 aliphatic rings. The van der Waals surface area contributed by atoms with Crippen LogP contribution in [0.5, 0.6) is 0 Å². The molecule has 5 amide bonds. The number of aromatic amines is 1. The minimum absolute atomic E-state index is 0.0784. The van der Waals surface area contributed by atoms with E-state index in [1.54, 1.807) is 65.2 Å². The third-order valence-electron chi connectivity index (χ3n) is 13.5. The van der Waals surface area contributed by atoms with E-state index in [4.69, 9.17) is 11.6 Å². The molecule has 0 bridgehead atoms. The maximum absolute atomic E-state index is 16.7. The smallest absolute Gasteiger partial charge is 0.269 e. The van der Waals surface area contributed by atoms with Crippen molar-refractivity contribution in [3.05, 3.63) is 106 Å². The lowest BCUT2D eigenvalue weighted by molar-refractivity contribution is -0.136. The van der Waals surface area contributed by atoms with Crippen molar-refractivity contribution in [1.29, 1.82) is 0 Å². The molecule has 9 rings (SSSR count). The number of piperazine rings is 1. The first-order chi connectivity index (χ1) is 31.6. The Balaban J connectivity index is 0.930. The molecular formula is C49H52ClF2N9O5. The SMILES string of the molecule is CN(C)C(=O)c1cc2c(-c3cc(F)c(N4CCN(CCc5cccc6c5C(C)(C)C(=O)N6C5CCC(=O)NC5=O)CC4)cc3Cl)cc(C3=CCCN(C(=O)CCn4cccn4)C3)c(F)c2[nH]1. The highest BCUT2D eigenvalue weighted by molar-refractivity contribution is 6.34. The number of rotatable bonds is 11. The van der Waals surface area contributed by atoms with Gasteiger partial charge in [-0.2, -0.15) is 5.10 Å². The Morgan fingerprint density at radius 3 is 2.45 bits per heavy atom. The monoisotopic (exact) mass is 919 g/mol. The van der Waals surface area contributed by atoms with Gasteiger partial charge in [-0.25, -0.2) is 8.78 Å². The molecule has 0 aliphatic carbocycles. The number of nitrogens with one attached hydrogen (secondary N) is 2. The van der Waals surface area contributed by atoms with Crippen LogP contribution in [-0.2, 0) is 37.6 Å². The van der Waals surface area contributed by atoms with Gasteiger partial charge in [0.2, 0.25) is 23.6 Å². The van der Waals surface area contributed by atoms with Crippen LogP contribution >= 0.6 is 11.6 Å². The average Bonchev–Trinajstić information content (AvgIpc) is 4.04. The lowest BCUT2D eigenvalue weighted by Crippen LogP contribution is -2.55. The van der Waals surface area contributed by atoms with Gasteiger partial charge in [-0.3, -0.25) is 43.8 Å². The Labute approximate surface area is 386 Å². The molecule has 2 N–H and O–H groups in total. The summed E-state index contributed by atoms with van der Waals surface area (Å²) in [4.78, 5) is 76.9. The van der Waals surface area contributed by atoms with E-state index in [9.17, 15) is 24.0 Å². The van der Waals surface area contributed by atoms with Crippen molar-refractivity contribution in [2.75, 3.05) is 69.7 Å². The topological polar surface area (TPSA) is 147 Å². The van der Waals surface area contributed by atoms with Crippen LogP contribution in [0.3, 0.4) is 0 Å². The predicted molar refractivity (Wildman–Crippen MR) is 248 cm³/mol. The van der Waals surface area contributed by atoms with E-state index in [2.05, 4.69) is 20.3 Å². The van der Waals surface area contributed by atoms with Gasteiger partial charge in [0, 0.05) is 114 Å². The fourth-order valence-corrected chi connectivity index (χ4v) is 10.2. The summed E-state index contributed by atoms with van der Waals surface area (Å²) in [6, 6.07) is 13.0. The summed E-state index contributed by atoms with van der Waals surface area (Å²) in [7, 11) is 3.20. The van der Waals surface area contributed by atoms with E-state index >= 15 is 8.78 Å². The van der Waals surface area contributed by atoms with Gasteiger partial charge in [0.1, 0.15) is 17.6 Å². The van der Waals surface area contributed by atoms with Gasteiger partial charge in [-0.1, -0.05) is 29.8 Å². The first-order valence-electron chi connectivity index (χ1n) is 22.4. The number of fused-ring (bicyclic) bond motifs is 2. The number of piperidine rings is 1. The number of aryl methyl sites for hydroxylation is 1. The number of nitrogens with zero attached hydrogens (tertiary/aromatic N) is 7. The molecule has 66 heavy (non-hydrogen) atoms. The third kappa shape index (κ3) is 8.25. The molecule has 3 aromatic carbocycles. The van der Waals surface area contributed by atoms with Gasteiger partial charge >= 0.3 is 0 Å². The van der Waals surface area contributed by atoms with Crippen LogP contribution in [0, 0.1) is 11.6 Å². The molecule has 344 valence electrons. The van der Waals surface area contributed by atoms with Crippen molar-refractivity contribution in [2.45, 2.75) is 64.0 Å². The third-order valence-corrected chi connectivity index (χ3v) is 13.8. The average molecular weight is 920 g/mol. The van der Waals surface area contributed by atoms with Crippen LogP contribution in [0.25, 0.3) is 27.6 Å². The molecule has 0 radical (unpaired) electrons. The van der Waals surface area contributed by atoms with E-state index in [1.165, 1.54) is 11.0 Å². The van der Waals surface area contributed by atoms with E-state index in [1.807, 2.05) is 43.0 Å². The van der Waals surface area contributed by atoms with Gasteiger partial charge in [0.25, 0.3) is 5.91 Å².